The van der Waals surface area contributed by atoms with Crippen LogP contribution in [0.3, 0.4) is 0 Å². The third kappa shape index (κ3) is 2.87. The van der Waals surface area contributed by atoms with Crippen LogP contribution >= 0.6 is 0 Å². The van der Waals surface area contributed by atoms with E-state index in [9.17, 15) is 4.79 Å². The summed E-state index contributed by atoms with van der Waals surface area (Å²) in [6.45, 7) is 4.28. The van der Waals surface area contributed by atoms with E-state index in [0.717, 1.165) is 12.8 Å². The van der Waals surface area contributed by atoms with Crippen LogP contribution in [0.15, 0.2) is 0 Å². The first-order chi connectivity index (χ1) is 8.77. The molecule has 1 saturated carbocycles. The van der Waals surface area contributed by atoms with Gasteiger partial charge in [-0.25, -0.2) is 0 Å². The fourth-order valence-corrected chi connectivity index (χ4v) is 3.47. The van der Waals surface area contributed by atoms with E-state index < -0.39 is 0 Å². The molecule has 1 heterocycles. The van der Waals surface area contributed by atoms with Crippen molar-refractivity contribution in [3.8, 4) is 0 Å². The Balaban J connectivity index is 2.05. The lowest BCUT2D eigenvalue weighted by Gasteiger charge is -2.33. The van der Waals surface area contributed by atoms with E-state index in [4.69, 9.17) is 0 Å². The maximum absolute atomic E-state index is 12.5. The Bertz CT molecular complexity index is 272. The summed E-state index contributed by atoms with van der Waals surface area (Å²) in [5.74, 6) is 0.356. The fourth-order valence-electron chi connectivity index (χ4n) is 3.47. The van der Waals surface area contributed by atoms with Gasteiger partial charge in [0.1, 0.15) is 0 Å². The van der Waals surface area contributed by atoms with Crippen molar-refractivity contribution in [1.29, 1.82) is 0 Å². The Morgan fingerprint density at radius 1 is 1.06 bits per heavy atom. The van der Waals surface area contributed by atoms with Crippen molar-refractivity contribution in [3.63, 3.8) is 0 Å². The molecule has 3 nitrogen and oxygen atoms in total. The Morgan fingerprint density at radius 3 is 2.22 bits per heavy atom. The molecule has 0 radical (unpaired) electrons. The van der Waals surface area contributed by atoms with Gasteiger partial charge in [-0.2, -0.15) is 0 Å². The van der Waals surface area contributed by atoms with E-state index in [0.29, 0.717) is 11.9 Å². The van der Waals surface area contributed by atoms with Crippen LogP contribution in [-0.2, 0) is 4.79 Å². The molecule has 3 heteroatoms. The first-order valence-electron chi connectivity index (χ1n) is 7.86. The van der Waals surface area contributed by atoms with Crippen LogP contribution in [0.2, 0.25) is 0 Å². The minimum atomic E-state index is 0.0698. The third-order valence-electron chi connectivity index (χ3n) is 4.54. The molecule has 2 aliphatic rings. The second kappa shape index (κ2) is 6.55. The Kier molecular flexibility index (Phi) is 5.04. The molecule has 0 aromatic carbocycles. The van der Waals surface area contributed by atoms with Crippen LogP contribution in [0.4, 0.5) is 0 Å². The molecule has 2 fully saturated rings. The van der Waals surface area contributed by atoms with Gasteiger partial charge in [0.25, 0.3) is 0 Å². The Labute approximate surface area is 111 Å². The average molecular weight is 252 g/mol. The zero-order chi connectivity index (χ0) is 13.0. The van der Waals surface area contributed by atoms with Crippen molar-refractivity contribution in [2.24, 2.45) is 0 Å². The smallest absolute Gasteiger partial charge is 0.241 e. The molecule has 2 rings (SSSR count). The second-order valence-electron chi connectivity index (χ2n) is 5.80. The fraction of sp³-hybridized carbons (Fsp3) is 0.933. The summed E-state index contributed by atoms with van der Waals surface area (Å²) in [6.07, 6.45) is 11.3. The van der Waals surface area contributed by atoms with Crippen LogP contribution < -0.4 is 5.32 Å². The zero-order valence-corrected chi connectivity index (χ0v) is 12.0. The van der Waals surface area contributed by atoms with E-state index >= 15 is 0 Å². The molecule has 0 spiro atoms. The first kappa shape index (κ1) is 13.9. The lowest BCUT2D eigenvalue weighted by atomic mass is 9.95. The second-order valence-corrected chi connectivity index (χ2v) is 5.80. The molecular formula is C15H28N2O. The van der Waals surface area contributed by atoms with Crippen LogP contribution in [0.5, 0.6) is 0 Å². The van der Waals surface area contributed by atoms with Crippen molar-refractivity contribution in [2.45, 2.75) is 89.9 Å². The van der Waals surface area contributed by atoms with Gasteiger partial charge in [0.15, 0.2) is 0 Å². The number of nitrogens with one attached hydrogen (secondary N) is 1. The molecule has 1 N–H and O–H groups in total. The number of carbonyl (C=O) groups excluding carboxylic acids is 1. The molecule has 1 saturated heterocycles. The summed E-state index contributed by atoms with van der Waals surface area (Å²) in [5, 5.41) is 3.50. The van der Waals surface area contributed by atoms with Gasteiger partial charge in [-0.15, -0.1) is 0 Å². The first-order valence-corrected chi connectivity index (χ1v) is 7.86. The van der Waals surface area contributed by atoms with Gasteiger partial charge in [-0.3, -0.25) is 10.1 Å². The van der Waals surface area contributed by atoms with Crippen LogP contribution in [0.1, 0.15) is 71.6 Å². The molecule has 0 aromatic rings. The number of hydrogen-bond acceptors (Lipinski definition) is 2. The number of carbonyl (C=O) groups is 1. The van der Waals surface area contributed by atoms with Crippen LogP contribution in [0, 0.1) is 0 Å². The van der Waals surface area contributed by atoms with Crippen molar-refractivity contribution in [1.82, 2.24) is 10.2 Å². The predicted octanol–water partition coefficient (Wildman–Crippen LogP) is 3.05. The number of hydrogen-bond donors (Lipinski definition) is 1. The topological polar surface area (TPSA) is 32.3 Å². The standard InChI is InChI=1S/C15H28N2O/c1-3-13-15(18)17(14(4-2)16-13)12-10-8-6-5-7-9-11-12/h12-14,16H,3-11H2,1-2H3. The summed E-state index contributed by atoms with van der Waals surface area (Å²) in [5.41, 5.74) is 0. The van der Waals surface area contributed by atoms with E-state index in [-0.39, 0.29) is 12.2 Å². The SMILES string of the molecule is CCC1NC(CC)N(C2CCCCCCC2)C1=O. The van der Waals surface area contributed by atoms with Gasteiger partial charge in [-0.05, 0) is 25.7 Å². The highest BCUT2D eigenvalue weighted by Gasteiger charge is 2.40. The summed E-state index contributed by atoms with van der Waals surface area (Å²) < 4.78 is 0. The van der Waals surface area contributed by atoms with Gasteiger partial charge in [0, 0.05) is 6.04 Å². The molecule has 1 aliphatic carbocycles. The molecule has 0 bridgehead atoms. The predicted molar refractivity (Wildman–Crippen MR) is 74.2 cm³/mol. The maximum atomic E-state index is 12.5. The summed E-state index contributed by atoms with van der Waals surface area (Å²) in [4.78, 5) is 14.7. The molecule has 18 heavy (non-hydrogen) atoms. The molecule has 1 amide bonds. The number of rotatable bonds is 3. The lowest BCUT2D eigenvalue weighted by Crippen LogP contribution is -2.44. The number of amides is 1. The lowest BCUT2D eigenvalue weighted by molar-refractivity contribution is -0.132. The Morgan fingerprint density at radius 2 is 1.67 bits per heavy atom. The monoisotopic (exact) mass is 252 g/mol. The summed E-state index contributed by atoms with van der Waals surface area (Å²) in [6, 6.07) is 0.562. The molecular weight excluding hydrogens is 224 g/mol. The molecule has 2 atom stereocenters. The van der Waals surface area contributed by atoms with Gasteiger partial charge < -0.3 is 4.90 Å². The molecule has 104 valence electrons. The molecule has 0 aromatic heterocycles. The van der Waals surface area contributed by atoms with Crippen molar-refractivity contribution >= 4 is 5.91 Å². The van der Waals surface area contributed by atoms with Crippen LogP contribution in [-0.4, -0.2) is 29.1 Å². The molecule has 1 aliphatic heterocycles. The summed E-state index contributed by atoms with van der Waals surface area (Å²) >= 11 is 0. The minimum absolute atomic E-state index is 0.0698. The average Bonchev–Trinajstić information content (AvgIpc) is 2.66. The highest BCUT2D eigenvalue weighted by Crippen LogP contribution is 2.27. The minimum Gasteiger partial charge on any atom is -0.323 e. The van der Waals surface area contributed by atoms with Crippen molar-refractivity contribution in [2.75, 3.05) is 0 Å². The maximum Gasteiger partial charge on any atom is 0.241 e. The van der Waals surface area contributed by atoms with E-state index in [1.165, 1.54) is 44.9 Å². The van der Waals surface area contributed by atoms with Crippen LogP contribution in [0.25, 0.3) is 0 Å². The number of nitrogens with zero attached hydrogens (tertiary/aromatic N) is 1. The van der Waals surface area contributed by atoms with E-state index in [2.05, 4.69) is 24.1 Å². The normalized spacial score (nSPS) is 31.4. The highest BCUT2D eigenvalue weighted by molar-refractivity contribution is 5.84. The van der Waals surface area contributed by atoms with Gasteiger partial charge in [0.05, 0.1) is 12.2 Å². The van der Waals surface area contributed by atoms with Gasteiger partial charge >= 0.3 is 0 Å². The largest absolute Gasteiger partial charge is 0.323 e. The van der Waals surface area contributed by atoms with E-state index in [1.807, 2.05) is 0 Å². The quantitative estimate of drug-likeness (QED) is 0.837. The molecule has 2 unspecified atom stereocenters. The van der Waals surface area contributed by atoms with E-state index in [1.54, 1.807) is 0 Å². The highest BCUT2D eigenvalue weighted by atomic mass is 16.2. The third-order valence-corrected chi connectivity index (χ3v) is 4.54. The summed E-state index contributed by atoms with van der Waals surface area (Å²) in [7, 11) is 0. The van der Waals surface area contributed by atoms with Crippen molar-refractivity contribution < 1.29 is 4.79 Å². The van der Waals surface area contributed by atoms with Gasteiger partial charge in [-0.1, -0.05) is 46.0 Å². The van der Waals surface area contributed by atoms with Crippen molar-refractivity contribution in [3.05, 3.63) is 0 Å². The Hall–Kier alpha value is -0.570. The van der Waals surface area contributed by atoms with Gasteiger partial charge in [0.2, 0.25) is 5.91 Å². The zero-order valence-electron chi connectivity index (χ0n) is 12.0.